The maximum Gasteiger partial charge on any atom is 0.245 e. The molecule has 1 atom stereocenters. The molecular weight excluding hydrogens is 312 g/mol. The van der Waals surface area contributed by atoms with Crippen molar-refractivity contribution < 1.29 is 14.3 Å². The summed E-state index contributed by atoms with van der Waals surface area (Å²) in [7, 11) is 0. The quantitative estimate of drug-likeness (QED) is 0.828. The Morgan fingerprint density at radius 1 is 1.35 bits per heavy atom. The van der Waals surface area contributed by atoms with Gasteiger partial charge in [0.2, 0.25) is 11.8 Å². The summed E-state index contributed by atoms with van der Waals surface area (Å²) in [4.78, 5) is 27.9. The number of amides is 2. The third-order valence-corrected chi connectivity index (χ3v) is 4.78. The molecule has 23 heavy (non-hydrogen) atoms. The van der Waals surface area contributed by atoms with Crippen LogP contribution in [0, 0.1) is 5.92 Å². The molecule has 0 saturated carbocycles. The summed E-state index contributed by atoms with van der Waals surface area (Å²) in [5.74, 6) is 0.319. The van der Waals surface area contributed by atoms with E-state index >= 15 is 0 Å². The zero-order valence-corrected chi connectivity index (χ0v) is 14.7. The van der Waals surface area contributed by atoms with E-state index in [1.54, 1.807) is 16.2 Å². The van der Waals surface area contributed by atoms with Crippen LogP contribution in [-0.2, 0) is 20.7 Å². The number of thiophene rings is 1. The number of carbonyl (C=O) groups is 2. The van der Waals surface area contributed by atoms with E-state index in [2.05, 4.69) is 19.2 Å². The number of rotatable bonds is 7. The molecule has 1 aromatic rings. The molecule has 2 heterocycles. The molecule has 0 bridgehead atoms. The standard InChI is InChI=1S/C17H26N2O3S/c1-13(2)12-15(17(21)19-7-9-22-10-8-19)18-16(20)6-5-14-4-3-11-23-14/h3-4,11,13,15H,5-10,12H2,1-2H3,(H,18,20)/t15-/m0/s1. The lowest BCUT2D eigenvalue weighted by molar-refractivity contribution is -0.140. The highest BCUT2D eigenvalue weighted by Crippen LogP contribution is 2.13. The first-order valence-electron chi connectivity index (χ1n) is 8.24. The van der Waals surface area contributed by atoms with Crippen LogP contribution in [0.15, 0.2) is 17.5 Å². The number of aryl methyl sites for hydroxylation is 1. The Morgan fingerprint density at radius 2 is 2.09 bits per heavy atom. The predicted octanol–water partition coefficient (Wildman–Crippen LogP) is 2.07. The maximum atomic E-state index is 12.7. The molecule has 0 radical (unpaired) electrons. The molecule has 0 aliphatic carbocycles. The van der Waals surface area contributed by atoms with Gasteiger partial charge in [0.25, 0.3) is 0 Å². The van der Waals surface area contributed by atoms with Gasteiger partial charge in [-0.1, -0.05) is 19.9 Å². The molecule has 6 heteroatoms. The largest absolute Gasteiger partial charge is 0.378 e. The van der Waals surface area contributed by atoms with Crippen molar-refractivity contribution in [1.82, 2.24) is 10.2 Å². The van der Waals surface area contributed by atoms with Crippen LogP contribution in [-0.4, -0.2) is 49.1 Å². The highest BCUT2D eigenvalue weighted by Gasteiger charge is 2.27. The summed E-state index contributed by atoms with van der Waals surface area (Å²) in [6.45, 7) is 6.50. The summed E-state index contributed by atoms with van der Waals surface area (Å²) < 4.78 is 5.29. The highest BCUT2D eigenvalue weighted by molar-refractivity contribution is 7.09. The van der Waals surface area contributed by atoms with E-state index in [0.717, 1.165) is 6.42 Å². The van der Waals surface area contributed by atoms with Gasteiger partial charge in [0.05, 0.1) is 13.2 Å². The van der Waals surface area contributed by atoms with E-state index in [1.807, 2.05) is 17.5 Å². The van der Waals surface area contributed by atoms with Crippen LogP contribution in [0.4, 0.5) is 0 Å². The van der Waals surface area contributed by atoms with E-state index in [1.165, 1.54) is 4.88 Å². The lowest BCUT2D eigenvalue weighted by Gasteiger charge is -2.31. The zero-order chi connectivity index (χ0) is 16.7. The van der Waals surface area contributed by atoms with E-state index in [0.29, 0.717) is 45.1 Å². The molecule has 1 aliphatic rings. The molecule has 2 amide bonds. The molecule has 5 nitrogen and oxygen atoms in total. The second-order valence-electron chi connectivity index (χ2n) is 6.27. The first-order chi connectivity index (χ1) is 11.1. The van der Waals surface area contributed by atoms with Crippen molar-refractivity contribution in [2.75, 3.05) is 26.3 Å². The fourth-order valence-corrected chi connectivity index (χ4v) is 3.36. The maximum absolute atomic E-state index is 12.7. The minimum atomic E-state index is -0.427. The van der Waals surface area contributed by atoms with E-state index in [-0.39, 0.29) is 11.8 Å². The van der Waals surface area contributed by atoms with E-state index in [9.17, 15) is 9.59 Å². The molecule has 0 spiro atoms. The predicted molar refractivity (Wildman–Crippen MR) is 91.4 cm³/mol. The number of morpholine rings is 1. The highest BCUT2D eigenvalue weighted by atomic mass is 32.1. The summed E-state index contributed by atoms with van der Waals surface area (Å²) in [6, 6.07) is 3.59. The van der Waals surface area contributed by atoms with Gasteiger partial charge in [0.15, 0.2) is 0 Å². The van der Waals surface area contributed by atoms with Crippen molar-refractivity contribution in [1.29, 1.82) is 0 Å². The van der Waals surface area contributed by atoms with Crippen molar-refractivity contribution in [3.05, 3.63) is 22.4 Å². The van der Waals surface area contributed by atoms with Gasteiger partial charge in [0.1, 0.15) is 6.04 Å². The number of hydrogen-bond donors (Lipinski definition) is 1. The van der Waals surface area contributed by atoms with Crippen LogP contribution in [0.25, 0.3) is 0 Å². The molecule has 128 valence electrons. The van der Waals surface area contributed by atoms with Crippen LogP contribution in [0.2, 0.25) is 0 Å². The molecule has 1 N–H and O–H groups in total. The smallest absolute Gasteiger partial charge is 0.245 e. The molecule has 0 aromatic carbocycles. The first kappa shape index (κ1) is 17.9. The monoisotopic (exact) mass is 338 g/mol. The van der Waals surface area contributed by atoms with Crippen molar-refractivity contribution in [3.63, 3.8) is 0 Å². The van der Waals surface area contributed by atoms with Gasteiger partial charge >= 0.3 is 0 Å². The topological polar surface area (TPSA) is 58.6 Å². The van der Waals surface area contributed by atoms with Gasteiger partial charge in [-0.25, -0.2) is 0 Å². The van der Waals surface area contributed by atoms with Crippen molar-refractivity contribution in [2.24, 2.45) is 5.92 Å². The van der Waals surface area contributed by atoms with Crippen molar-refractivity contribution in [3.8, 4) is 0 Å². The molecular formula is C17H26N2O3S. The van der Waals surface area contributed by atoms with Gasteiger partial charge in [-0.3, -0.25) is 9.59 Å². The van der Waals surface area contributed by atoms with E-state index < -0.39 is 6.04 Å². The normalized spacial score (nSPS) is 16.4. The number of carbonyl (C=O) groups excluding carboxylic acids is 2. The molecule has 0 unspecified atom stereocenters. The Bertz CT molecular complexity index is 496. The van der Waals surface area contributed by atoms with Crippen LogP contribution >= 0.6 is 11.3 Å². The average Bonchev–Trinajstić information content (AvgIpc) is 3.05. The number of nitrogens with one attached hydrogen (secondary N) is 1. The van der Waals surface area contributed by atoms with Gasteiger partial charge in [-0.15, -0.1) is 11.3 Å². The van der Waals surface area contributed by atoms with Gasteiger partial charge in [0, 0.05) is 24.4 Å². The molecule has 1 fully saturated rings. The van der Waals surface area contributed by atoms with Crippen LogP contribution < -0.4 is 5.32 Å². The van der Waals surface area contributed by atoms with Gasteiger partial charge < -0.3 is 15.0 Å². The van der Waals surface area contributed by atoms with Crippen molar-refractivity contribution >= 4 is 23.2 Å². The number of ether oxygens (including phenoxy) is 1. The second-order valence-corrected chi connectivity index (χ2v) is 7.30. The summed E-state index contributed by atoms with van der Waals surface area (Å²) >= 11 is 1.65. The average molecular weight is 338 g/mol. The van der Waals surface area contributed by atoms with E-state index in [4.69, 9.17) is 4.74 Å². The third-order valence-electron chi connectivity index (χ3n) is 3.84. The van der Waals surface area contributed by atoms with Crippen LogP contribution in [0.3, 0.4) is 0 Å². The fraction of sp³-hybridized carbons (Fsp3) is 0.647. The summed E-state index contributed by atoms with van der Waals surface area (Å²) in [6.07, 6.45) is 1.82. The molecule has 1 saturated heterocycles. The SMILES string of the molecule is CC(C)C[C@H](NC(=O)CCc1cccs1)C(=O)N1CCOCC1. The lowest BCUT2D eigenvalue weighted by Crippen LogP contribution is -2.52. The first-order valence-corrected chi connectivity index (χ1v) is 9.12. The minimum absolute atomic E-state index is 0.0199. The summed E-state index contributed by atoms with van der Waals surface area (Å²) in [5.41, 5.74) is 0. The van der Waals surface area contributed by atoms with Crippen molar-refractivity contribution in [2.45, 2.75) is 39.2 Å². The van der Waals surface area contributed by atoms with Crippen LogP contribution in [0.1, 0.15) is 31.6 Å². The third kappa shape index (κ3) is 5.95. The van der Waals surface area contributed by atoms with Gasteiger partial charge in [-0.05, 0) is 30.2 Å². The Balaban J connectivity index is 1.88. The second kappa shape index (κ2) is 9.03. The molecule has 1 aromatic heterocycles. The Kier molecular flexibility index (Phi) is 7.05. The number of hydrogen-bond acceptors (Lipinski definition) is 4. The Morgan fingerprint density at radius 3 is 2.70 bits per heavy atom. The lowest BCUT2D eigenvalue weighted by atomic mass is 10.0. The van der Waals surface area contributed by atoms with Gasteiger partial charge in [-0.2, -0.15) is 0 Å². The molecule has 2 rings (SSSR count). The molecule has 1 aliphatic heterocycles. The Labute approximate surface area is 142 Å². The zero-order valence-electron chi connectivity index (χ0n) is 13.9. The Hall–Kier alpha value is -1.40. The minimum Gasteiger partial charge on any atom is -0.378 e. The fourth-order valence-electron chi connectivity index (χ4n) is 2.66. The van der Waals surface area contributed by atoms with Crippen LogP contribution in [0.5, 0.6) is 0 Å². The number of nitrogens with zero attached hydrogens (tertiary/aromatic N) is 1. The summed E-state index contributed by atoms with van der Waals surface area (Å²) in [5, 5.41) is 4.95.